The number of fused-ring (bicyclic) bond motifs is 1. The molecule has 0 amide bonds. The molecule has 5 nitrogen and oxygen atoms in total. The van der Waals surface area contributed by atoms with Crippen LogP contribution in [0.4, 0.5) is 0 Å². The molecule has 0 fully saturated rings. The first-order chi connectivity index (χ1) is 11.4. The summed E-state index contributed by atoms with van der Waals surface area (Å²) in [5.41, 5.74) is 2.30. The molecule has 2 N–H and O–H groups in total. The molecular formula is C17H15ClN2O3S. The summed E-state index contributed by atoms with van der Waals surface area (Å²) in [6.07, 6.45) is 0.593. The highest BCUT2D eigenvalue weighted by atomic mass is 35.5. The van der Waals surface area contributed by atoms with Crippen molar-refractivity contribution in [2.75, 3.05) is 7.11 Å². The standard InChI is InChI=1S/C17H15ClN2O3S/c1-23-15-8-9-16(24(19,21)22)14-7-6-13(20-17(14)15)10-11-2-4-12(18)5-3-11/h2-9H,10H2,1H3,(H2,19,21,22). The van der Waals surface area contributed by atoms with Crippen molar-refractivity contribution >= 4 is 32.5 Å². The van der Waals surface area contributed by atoms with Crippen LogP contribution < -0.4 is 9.88 Å². The van der Waals surface area contributed by atoms with Gasteiger partial charge in [0.15, 0.2) is 0 Å². The van der Waals surface area contributed by atoms with E-state index in [1.165, 1.54) is 13.2 Å². The Bertz CT molecular complexity index is 1000. The number of pyridine rings is 1. The molecule has 0 aliphatic rings. The van der Waals surface area contributed by atoms with Gasteiger partial charge in [0.1, 0.15) is 11.3 Å². The fraction of sp³-hybridized carbons (Fsp3) is 0.118. The third-order valence-electron chi connectivity index (χ3n) is 3.66. The molecule has 0 radical (unpaired) electrons. The van der Waals surface area contributed by atoms with E-state index in [2.05, 4.69) is 4.98 Å². The van der Waals surface area contributed by atoms with Gasteiger partial charge in [0, 0.05) is 22.5 Å². The number of sulfonamides is 1. The van der Waals surface area contributed by atoms with Crippen LogP contribution in [0, 0.1) is 0 Å². The van der Waals surface area contributed by atoms with Gasteiger partial charge in [-0.05, 0) is 42.0 Å². The Balaban J connectivity index is 2.11. The SMILES string of the molecule is COc1ccc(S(N)(=O)=O)c2ccc(Cc3ccc(Cl)cc3)nc12. The summed E-state index contributed by atoms with van der Waals surface area (Å²) < 4.78 is 28.8. The van der Waals surface area contributed by atoms with Crippen LogP contribution in [0.15, 0.2) is 53.4 Å². The molecule has 0 saturated carbocycles. The van der Waals surface area contributed by atoms with Gasteiger partial charge in [-0.2, -0.15) is 0 Å². The van der Waals surface area contributed by atoms with Crippen molar-refractivity contribution in [2.45, 2.75) is 11.3 Å². The molecule has 1 heterocycles. The minimum absolute atomic E-state index is 0.0313. The lowest BCUT2D eigenvalue weighted by Crippen LogP contribution is -2.13. The van der Waals surface area contributed by atoms with E-state index >= 15 is 0 Å². The fourth-order valence-electron chi connectivity index (χ4n) is 2.53. The first kappa shape index (κ1) is 16.7. The number of ether oxygens (including phenoxy) is 1. The lowest BCUT2D eigenvalue weighted by Gasteiger charge is -2.10. The van der Waals surface area contributed by atoms with Gasteiger partial charge < -0.3 is 4.74 Å². The Hall–Kier alpha value is -2.15. The van der Waals surface area contributed by atoms with Crippen LogP contribution >= 0.6 is 11.6 Å². The normalized spacial score (nSPS) is 11.6. The van der Waals surface area contributed by atoms with E-state index < -0.39 is 10.0 Å². The van der Waals surface area contributed by atoms with Crippen molar-refractivity contribution in [3.05, 3.63) is 64.8 Å². The molecule has 124 valence electrons. The third kappa shape index (κ3) is 3.36. The number of aromatic nitrogens is 1. The van der Waals surface area contributed by atoms with Gasteiger partial charge in [-0.15, -0.1) is 0 Å². The van der Waals surface area contributed by atoms with E-state index in [0.29, 0.717) is 28.1 Å². The Morgan fingerprint density at radius 2 is 1.79 bits per heavy atom. The fourth-order valence-corrected chi connectivity index (χ4v) is 3.38. The van der Waals surface area contributed by atoms with Crippen molar-refractivity contribution in [1.82, 2.24) is 4.98 Å². The Labute approximate surface area is 145 Å². The lowest BCUT2D eigenvalue weighted by atomic mass is 10.1. The molecule has 0 aliphatic carbocycles. The van der Waals surface area contributed by atoms with Crippen LogP contribution in [-0.4, -0.2) is 20.5 Å². The van der Waals surface area contributed by atoms with Crippen LogP contribution in [0.3, 0.4) is 0 Å². The maximum absolute atomic E-state index is 11.8. The van der Waals surface area contributed by atoms with Gasteiger partial charge >= 0.3 is 0 Å². The molecule has 24 heavy (non-hydrogen) atoms. The molecule has 3 aromatic rings. The Morgan fingerprint density at radius 3 is 2.42 bits per heavy atom. The first-order valence-corrected chi connectivity index (χ1v) is 9.05. The summed E-state index contributed by atoms with van der Waals surface area (Å²) in [6.45, 7) is 0. The van der Waals surface area contributed by atoms with E-state index in [1.807, 2.05) is 24.3 Å². The minimum atomic E-state index is -3.84. The largest absolute Gasteiger partial charge is 0.494 e. The molecule has 0 bridgehead atoms. The van der Waals surface area contributed by atoms with Gasteiger partial charge in [-0.1, -0.05) is 23.7 Å². The van der Waals surface area contributed by atoms with Crippen molar-refractivity contribution in [3.63, 3.8) is 0 Å². The molecule has 0 aliphatic heterocycles. The maximum atomic E-state index is 11.8. The summed E-state index contributed by atoms with van der Waals surface area (Å²) >= 11 is 5.89. The number of methoxy groups -OCH3 is 1. The van der Waals surface area contributed by atoms with Crippen molar-refractivity contribution in [2.24, 2.45) is 5.14 Å². The third-order valence-corrected chi connectivity index (χ3v) is 4.88. The van der Waals surface area contributed by atoms with Gasteiger partial charge in [-0.3, -0.25) is 0 Å². The predicted octanol–water partition coefficient (Wildman–Crippen LogP) is 3.14. The summed E-state index contributed by atoms with van der Waals surface area (Å²) in [7, 11) is -2.33. The van der Waals surface area contributed by atoms with Crippen molar-refractivity contribution < 1.29 is 13.2 Å². The molecule has 0 spiro atoms. The maximum Gasteiger partial charge on any atom is 0.238 e. The smallest absolute Gasteiger partial charge is 0.238 e. The molecule has 2 aromatic carbocycles. The first-order valence-electron chi connectivity index (χ1n) is 7.12. The van der Waals surface area contributed by atoms with E-state index in [-0.39, 0.29) is 4.90 Å². The minimum Gasteiger partial charge on any atom is -0.494 e. The molecule has 0 atom stereocenters. The molecule has 1 aromatic heterocycles. The second-order valence-electron chi connectivity index (χ2n) is 5.31. The molecule has 0 saturated heterocycles. The van der Waals surface area contributed by atoms with E-state index in [9.17, 15) is 8.42 Å². The highest BCUT2D eigenvalue weighted by molar-refractivity contribution is 7.89. The number of primary sulfonamides is 1. The number of nitrogens with two attached hydrogens (primary N) is 1. The number of halogens is 1. The van der Waals surface area contributed by atoms with Crippen molar-refractivity contribution in [1.29, 1.82) is 0 Å². The van der Waals surface area contributed by atoms with Crippen LogP contribution in [0.5, 0.6) is 5.75 Å². The van der Waals surface area contributed by atoms with E-state index in [4.69, 9.17) is 21.5 Å². The number of hydrogen-bond donors (Lipinski definition) is 1. The average Bonchev–Trinajstić information content (AvgIpc) is 2.55. The van der Waals surface area contributed by atoms with E-state index in [1.54, 1.807) is 18.2 Å². The highest BCUT2D eigenvalue weighted by Crippen LogP contribution is 2.29. The summed E-state index contributed by atoms with van der Waals surface area (Å²) in [5, 5.41) is 6.39. The monoisotopic (exact) mass is 362 g/mol. The molecule has 7 heteroatoms. The zero-order valence-electron chi connectivity index (χ0n) is 12.9. The summed E-state index contributed by atoms with van der Waals surface area (Å²) in [5.74, 6) is 0.496. The molecule has 0 unspecified atom stereocenters. The highest BCUT2D eigenvalue weighted by Gasteiger charge is 2.16. The quantitative estimate of drug-likeness (QED) is 0.773. The summed E-state index contributed by atoms with van der Waals surface area (Å²) in [6, 6.07) is 14.0. The zero-order valence-corrected chi connectivity index (χ0v) is 14.4. The zero-order chi connectivity index (χ0) is 17.3. The number of hydrogen-bond acceptors (Lipinski definition) is 4. The van der Waals surface area contributed by atoms with Gasteiger partial charge in [0.05, 0.1) is 12.0 Å². The Morgan fingerprint density at radius 1 is 1.08 bits per heavy atom. The van der Waals surface area contributed by atoms with Crippen LogP contribution in [0.1, 0.15) is 11.3 Å². The van der Waals surface area contributed by atoms with Crippen LogP contribution in [0.2, 0.25) is 5.02 Å². The predicted molar refractivity (Wildman–Crippen MR) is 93.9 cm³/mol. The van der Waals surface area contributed by atoms with Crippen molar-refractivity contribution in [3.8, 4) is 5.75 Å². The van der Waals surface area contributed by atoms with Crippen LogP contribution in [0.25, 0.3) is 10.9 Å². The molecule has 3 rings (SSSR count). The Kier molecular flexibility index (Phi) is 4.45. The second kappa shape index (κ2) is 6.39. The van der Waals surface area contributed by atoms with E-state index in [0.717, 1.165) is 11.3 Å². The lowest BCUT2D eigenvalue weighted by molar-refractivity contribution is 0.418. The molecular weight excluding hydrogens is 348 g/mol. The summed E-state index contributed by atoms with van der Waals surface area (Å²) in [4.78, 5) is 4.59. The van der Waals surface area contributed by atoms with Gasteiger partial charge in [0.25, 0.3) is 0 Å². The second-order valence-corrected chi connectivity index (χ2v) is 7.28. The number of nitrogens with zero attached hydrogens (tertiary/aromatic N) is 1. The van der Waals surface area contributed by atoms with Gasteiger partial charge in [-0.25, -0.2) is 18.5 Å². The number of rotatable bonds is 4. The van der Waals surface area contributed by atoms with Gasteiger partial charge in [0.2, 0.25) is 10.0 Å². The number of benzene rings is 2. The average molecular weight is 363 g/mol. The van der Waals surface area contributed by atoms with Crippen LogP contribution in [-0.2, 0) is 16.4 Å². The topological polar surface area (TPSA) is 82.3 Å².